The standard InChI is InChI=1S/C11H16O2/c1-3-8-7-13-11-10(9(8)4-1)5-2-6-12-11/h7,9-11H,1-6H2. The average molecular weight is 180 g/mol. The molecule has 3 aliphatic rings. The summed E-state index contributed by atoms with van der Waals surface area (Å²) in [7, 11) is 0. The molecular formula is C11H16O2. The zero-order valence-electron chi connectivity index (χ0n) is 7.87. The van der Waals surface area contributed by atoms with Gasteiger partial charge in [-0.15, -0.1) is 0 Å². The van der Waals surface area contributed by atoms with Crippen molar-refractivity contribution in [1.82, 2.24) is 0 Å². The fraction of sp³-hybridized carbons (Fsp3) is 0.818. The summed E-state index contributed by atoms with van der Waals surface area (Å²) in [6, 6.07) is 0. The lowest BCUT2D eigenvalue weighted by molar-refractivity contribution is -0.181. The van der Waals surface area contributed by atoms with Gasteiger partial charge in [0.2, 0.25) is 6.29 Å². The monoisotopic (exact) mass is 180 g/mol. The summed E-state index contributed by atoms with van der Waals surface area (Å²) in [5.41, 5.74) is 1.55. The highest BCUT2D eigenvalue weighted by Gasteiger charge is 2.40. The zero-order chi connectivity index (χ0) is 8.67. The molecule has 2 fully saturated rings. The molecule has 0 bridgehead atoms. The second-order valence-corrected chi connectivity index (χ2v) is 4.37. The maximum atomic E-state index is 5.62. The lowest BCUT2D eigenvalue weighted by Crippen LogP contribution is -2.38. The van der Waals surface area contributed by atoms with E-state index in [2.05, 4.69) is 0 Å². The van der Waals surface area contributed by atoms with Crippen LogP contribution in [0.4, 0.5) is 0 Å². The molecule has 3 rings (SSSR count). The molecule has 2 nitrogen and oxygen atoms in total. The van der Waals surface area contributed by atoms with Crippen LogP contribution in [0.15, 0.2) is 11.8 Å². The molecule has 2 aliphatic heterocycles. The van der Waals surface area contributed by atoms with Gasteiger partial charge in [0.15, 0.2) is 0 Å². The van der Waals surface area contributed by atoms with Crippen molar-refractivity contribution < 1.29 is 9.47 Å². The molecule has 0 aromatic rings. The summed E-state index contributed by atoms with van der Waals surface area (Å²) < 4.78 is 11.2. The minimum atomic E-state index is 0.0839. The predicted molar refractivity (Wildman–Crippen MR) is 49.0 cm³/mol. The van der Waals surface area contributed by atoms with Crippen LogP contribution in [0.3, 0.4) is 0 Å². The summed E-state index contributed by atoms with van der Waals surface area (Å²) >= 11 is 0. The van der Waals surface area contributed by atoms with Gasteiger partial charge in [0.1, 0.15) is 0 Å². The maximum absolute atomic E-state index is 5.62. The molecule has 0 radical (unpaired) electrons. The molecule has 0 aromatic heterocycles. The van der Waals surface area contributed by atoms with Gasteiger partial charge >= 0.3 is 0 Å². The summed E-state index contributed by atoms with van der Waals surface area (Å²) in [6.45, 7) is 0.886. The van der Waals surface area contributed by atoms with Crippen molar-refractivity contribution in [3.63, 3.8) is 0 Å². The van der Waals surface area contributed by atoms with Gasteiger partial charge in [0.25, 0.3) is 0 Å². The van der Waals surface area contributed by atoms with E-state index in [1.165, 1.54) is 32.1 Å². The van der Waals surface area contributed by atoms with E-state index in [9.17, 15) is 0 Å². The van der Waals surface area contributed by atoms with Crippen molar-refractivity contribution in [3.05, 3.63) is 11.8 Å². The van der Waals surface area contributed by atoms with E-state index >= 15 is 0 Å². The molecule has 13 heavy (non-hydrogen) atoms. The Hall–Kier alpha value is -0.500. The molecule has 72 valence electrons. The summed E-state index contributed by atoms with van der Waals surface area (Å²) in [6.07, 6.45) is 8.54. The van der Waals surface area contributed by atoms with E-state index in [0.29, 0.717) is 5.92 Å². The van der Waals surface area contributed by atoms with Gasteiger partial charge in [-0.2, -0.15) is 0 Å². The van der Waals surface area contributed by atoms with Crippen LogP contribution in [0.2, 0.25) is 0 Å². The van der Waals surface area contributed by atoms with Crippen LogP contribution in [-0.2, 0) is 9.47 Å². The Bertz CT molecular complexity index is 234. The molecule has 1 saturated carbocycles. The fourth-order valence-electron chi connectivity index (χ4n) is 3.00. The molecule has 0 aromatic carbocycles. The van der Waals surface area contributed by atoms with Crippen LogP contribution >= 0.6 is 0 Å². The lowest BCUT2D eigenvalue weighted by atomic mass is 9.82. The van der Waals surface area contributed by atoms with Crippen LogP contribution in [0.5, 0.6) is 0 Å². The van der Waals surface area contributed by atoms with Crippen LogP contribution in [-0.4, -0.2) is 12.9 Å². The minimum absolute atomic E-state index is 0.0839. The Balaban J connectivity index is 1.85. The summed E-state index contributed by atoms with van der Waals surface area (Å²) in [4.78, 5) is 0. The molecule has 2 heteroatoms. The van der Waals surface area contributed by atoms with E-state index in [0.717, 1.165) is 12.5 Å². The van der Waals surface area contributed by atoms with Gasteiger partial charge in [-0.1, -0.05) is 0 Å². The first-order chi connectivity index (χ1) is 6.45. The largest absolute Gasteiger partial charge is 0.472 e. The Morgan fingerprint density at radius 3 is 3.23 bits per heavy atom. The highest BCUT2D eigenvalue weighted by Crippen LogP contribution is 2.45. The van der Waals surface area contributed by atoms with Crippen LogP contribution in [0.25, 0.3) is 0 Å². The third-order valence-corrected chi connectivity index (χ3v) is 3.64. The van der Waals surface area contributed by atoms with Crippen LogP contribution in [0.1, 0.15) is 32.1 Å². The Kier molecular flexibility index (Phi) is 1.82. The fourth-order valence-corrected chi connectivity index (χ4v) is 3.00. The Morgan fingerprint density at radius 1 is 1.23 bits per heavy atom. The second kappa shape index (κ2) is 3.02. The SMILES string of the molecule is C1=C2CCCC2C2CCCOC2O1. The Morgan fingerprint density at radius 2 is 2.23 bits per heavy atom. The molecule has 1 aliphatic carbocycles. The van der Waals surface area contributed by atoms with Gasteiger partial charge in [-0.05, 0) is 43.6 Å². The number of rotatable bonds is 0. The minimum Gasteiger partial charge on any atom is -0.472 e. The van der Waals surface area contributed by atoms with E-state index in [4.69, 9.17) is 9.47 Å². The molecule has 3 atom stereocenters. The van der Waals surface area contributed by atoms with Crippen molar-refractivity contribution in [2.75, 3.05) is 6.61 Å². The first-order valence-electron chi connectivity index (χ1n) is 5.41. The highest BCUT2D eigenvalue weighted by molar-refractivity contribution is 5.13. The quantitative estimate of drug-likeness (QED) is 0.570. The summed E-state index contributed by atoms with van der Waals surface area (Å²) in [5, 5.41) is 0. The molecular weight excluding hydrogens is 164 g/mol. The van der Waals surface area contributed by atoms with Crippen LogP contribution in [0, 0.1) is 11.8 Å². The topological polar surface area (TPSA) is 18.5 Å². The summed E-state index contributed by atoms with van der Waals surface area (Å²) in [5.74, 6) is 1.45. The molecule has 2 heterocycles. The number of fused-ring (bicyclic) bond motifs is 3. The molecule has 1 saturated heterocycles. The van der Waals surface area contributed by atoms with E-state index in [1.54, 1.807) is 5.57 Å². The highest BCUT2D eigenvalue weighted by atomic mass is 16.7. The van der Waals surface area contributed by atoms with Crippen molar-refractivity contribution in [3.8, 4) is 0 Å². The van der Waals surface area contributed by atoms with Gasteiger partial charge < -0.3 is 9.47 Å². The normalized spacial score (nSPS) is 43.1. The first-order valence-corrected chi connectivity index (χ1v) is 5.41. The van der Waals surface area contributed by atoms with Gasteiger partial charge in [-0.3, -0.25) is 0 Å². The van der Waals surface area contributed by atoms with E-state index in [-0.39, 0.29) is 6.29 Å². The van der Waals surface area contributed by atoms with Crippen molar-refractivity contribution in [2.45, 2.75) is 38.4 Å². The smallest absolute Gasteiger partial charge is 0.202 e. The van der Waals surface area contributed by atoms with E-state index < -0.39 is 0 Å². The third kappa shape index (κ3) is 1.19. The maximum Gasteiger partial charge on any atom is 0.202 e. The van der Waals surface area contributed by atoms with Crippen molar-refractivity contribution in [1.29, 1.82) is 0 Å². The van der Waals surface area contributed by atoms with Crippen LogP contribution < -0.4 is 0 Å². The molecule has 0 N–H and O–H groups in total. The van der Waals surface area contributed by atoms with Gasteiger partial charge in [0.05, 0.1) is 12.9 Å². The molecule has 0 amide bonds. The molecule has 0 spiro atoms. The first kappa shape index (κ1) is 7.86. The lowest BCUT2D eigenvalue weighted by Gasteiger charge is -2.38. The number of hydrogen-bond donors (Lipinski definition) is 0. The Labute approximate surface area is 78.9 Å². The number of ether oxygens (including phenoxy) is 2. The average Bonchev–Trinajstić information content (AvgIpc) is 2.65. The van der Waals surface area contributed by atoms with E-state index in [1.807, 2.05) is 6.26 Å². The van der Waals surface area contributed by atoms with Crippen molar-refractivity contribution in [2.24, 2.45) is 11.8 Å². The predicted octanol–water partition coefficient (Wildman–Crippen LogP) is 2.45. The van der Waals surface area contributed by atoms with Gasteiger partial charge in [0, 0.05) is 5.92 Å². The van der Waals surface area contributed by atoms with Gasteiger partial charge in [-0.25, -0.2) is 0 Å². The number of hydrogen-bond acceptors (Lipinski definition) is 2. The van der Waals surface area contributed by atoms with Crippen molar-refractivity contribution >= 4 is 0 Å². The molecule has 3 unspecified atom stereocenters. The second-order valence-electron chi connectivity index (χ2n) is 4.37. The number of allylic oxidation sites excluding steroid dienone is 1. The zero-order valence-corrected chi connectivity index (χ0v) is 7.87. The third-order valence-electron chi connectivity index (χ3n) is 3.64.